The van der Waals surface area contributed by atoms with Gasteiger partial charge in [-0.25, -0.2) is 0 Å². The minimum absolute atomic E-state index is 0.595. The molecule has 0 amide bonds. The smallest absolute Gasteiger partial charge is 0.121 e. The zero-order valence-electron chi connectivity index (χ0n) is 9.18. The summed E-state index contributed by atoms with van der Waals surface area (Å²) in [6.45, 7) is 0.595. The summed E-state index contributed by atoms with van der Waals surface area (Å²) >= 11 is 4.08. The average Bonchev–Trinajstić information content (AvgIpc) is 2.25. The fourth-order valence-corrected chi connectivity index (χ4v) is 1.29. The highest BCUT2D eigenvalue weighted by molar-refractivity contribution is 7.80. The van der Waals surface area contributed by atoms with E-state index in [1.54, 1.807) is 0 Å². The topological polar surface area (TPSA) is 12.5 Å². The maximum atomic E-state index is 5.55. The number of ether oxygens (including phenoxy) is 1. The highest BCUT2D eigenvalue weighted by Crippen LogP contribution is 2.19. The van der Waals surface area contributed by atoms with Crippen molar-refractivity contribution in [1.29, 1.82) is 0 Å². The van der Waals surface area contributed by atoms with Crippen molar-refractivity contribution in [3.63, 3.8) is 0 Å². The van der Waals surface area contributed by atoms with Crippen LogP contribution in [0.4, 0.5) is 5.69 Å². The van der Waals surface area contributed by atoms with Crippen LogP contribution >= 0.6 is 12.6 Å². The first-order chi connectivity index (χ1) is 7.24. The van der Waals surface area contributed by atoms with Crippen molar-refractivity contribution in [3.05, 3.63) is 36.4 Å². The molecule has 0 unspecified atom stereocenters. The van der Waals surface area contributed by atoms with Gasteiger partial charge in [-0.3, -0.25) is 0 Å². The molecular weight excluding hydrogens is 206 g/mol. The van der Waals surface area contributed by atoms with E-state index in [0.717, 1.165) is 17.2 Å². The lowest BCUT2D eigenvalue weighted by atomic mass is 10.3. The summed E-state index contributed by atoms with van der Waals surface area (Å²) < 4.78 is 5.55. The largest absolute Gasteiger partial charge is 0.489 e. The van der Waals surface area contributed by atoms with Crippen LogP contribution in [0.5, 0.6) is 5.75 Å². The molecule has 0 bridgehead atoms. The Morgan fingerprint density at radius 3 is 2.80 bits per heavy atom. The first-order valence-corrected chi connectivity index (χ1v) is 5.53. The summed E-state index contributed by atoms with van der Waals surface area (Å²) in [7, 11) is 4.03. The van der Waals surface area contributed by atoms with Gasteiger partial charge in [-0.15, -0.1) is 0 Å². The minimum Gasteiger partial charge on any atom is -0.489 e. The summed E-state index contributed by atoms with van der Waals surface area (Å²) in [6.07, 6.45) is 3.94. The van der Waals surface area contributed by atoms with Gasteiger partial charge in [0.05, 0.1) is 0 Å². The van der Waals surface area contributed by atoms with Crippen LogP contribution in [0.3, 0.4) is 0 Å². The van der Waals surface area contributed by atoms with E-state index in [1.165, 1.54) is 0 Å². The molecule has 15 heavy (non-hydrogen) atoms. The van der Waals surface area contributed by atoms with Crippen molar-refractivity contribution in [2.24, 2.45) is 0 Å². The lowest BCUT2D eigenvalue weighted by Gasteiger charge is -2.13. The van der Waals surface area contributed by atoms with Gasteiger partial charge in [-0.2, -0.15) is 12.6 Å². The SMILES string of the molecule is CN(C)c1cccc(OCC=CCS)c1. The average molecular weight is 223 g/mol. The van der Waals surface area contributed by atoms with Gasteiger partial charge in [0.25, 0.3) is 0 Å². The Kier molecular flexibility index (Phi) is 5.12. The van der Waals surface area contributed by atoms with Crippen LogP contribution in [0, 0.1) is 0 Å². The third kappa shape index (κ3) is 4.30. The highest BCUT2D eigenvalue weighted by atomic mass is 32.1. The summed E-state index contributed by atoms with van der Waals surface area (Å²) in [5, 5.41) is 0. The first kappa shape index (κ1) is 12.0. The zero-order valence-corrected chi connectivity index (χ0v) is 10.1. The molecule has 2 nitrogen and oxygen atoms in total. The molecule has 1 rings (SSSR count). The number of hydrogen-bond acceptors (Lipinski definition) is 3. The Hall–Kier alpha value is -1.09. The van der Waals surface area contributed by atoms with Gasteiger partial charge in [0.1, 0.15) is 12.4 Å². The fourth-order valence-electron chi connectivity index (χ4n) is 1.14. The maximum Gasteiger partial charge on any atom is 0.121 e. The summed E-state index contributed by atoms with van der Waals surface area (Å²) in [6, 6.07) is 8.03. The normalized spacial score (nSPS) is 10.6. The molecule has 1 aromatic carbocycles. The molecule has 0 fully saturated rings. The lowest BCUT2D eigenvalue weighted by molar-refractivity contribution is 0.363. The molecule has 0 aliphatic rings. The molecule has 1 aromatic rings. The van der Waals surface area contributed by atoms with Crippen LogP contribution in [0.15, 0.2) is 36.4 Å². The molecule has 0 aromatic heterocycles. The van der Waals surface area contributed by atoms with Crippen molar-refractivity contribution >= 4 is 18.3 Å². The van der Waals surface area contributed by atoms with Crippen molar-refractivity contribution in [2.45, 2.75) is 0 Å². The molecule has 0 heterocycles. The Balaban J connectivity index is 2.54. The monoisotopic (exact) mass is 223 g/mol. The maximum absolute atomic E-state index is 5.55. The van der Waals surface area contributed by atoms with E-state index in [1.807, 2.05) is 44.4 Å². The van der Waals surface area contributed by atoms with E-state index in [0.29, 0.717) is 6.61 Å². The molecule has 3 heteroatoms. The number of nitrogens with zero attached hydrogens (tertiary/aromatic N) is 1. The molecule has 0 radical (unpaired) electrons. The van der Waals surface area contributed by atoms with Gasteiger partial charge in [0.15, 0.2) is 0 Å². The summed E-state index contributed by atoms with van der Waals surface area (Å²) in [5.41, 5.74) is 1.14. The third-order valence-electron chi connectivity index (χ3n) is 1.95. The number of rotatable bonds is 5. The quantitative estimate of drug-likeness (QED) is 0.608. The molecule has 0 aliphatic carbocycles. The number of benzene rings is 1. The van der Waals surface area contributed by atoms with Crippen LogP contribution in [-0.2, 0) is 0 Å². The highest BCUT2D eigenvalue weighted by Gasteiger charge is 1.96. The Morgan fingerprint density at radius 1 is 1.33 bits per heavy atom. The van der Waals surface area contributed by atoms with E-state index in [9.17, 15) is 0 Å². The molecule has 0 atom stereocenters. The van der Waals surface area contributed by atoms with Gasteiger partial charge in [-0.1, -0.05) is 18.2 Å². The Bertz CT molecular complexity index is 323. The van der Waals surface area contributed by atoms with Crippen molar-refractivity contribution in [1.82, 2.24) is 0 Å². The van der Waals surface area contributed by atoms with E-state index >= 15 is 0 Å². The van der Waals surface area contributed by atoms with E-state index in [-0.39, 0.29) is 0 Å². The van der Waals surface area contributed by atoms with Crippen LogP contribution in [0.2, 0.25) is 0 Å². The Morgan fingerprint density at radius 2 is 2.13 bits per heavy atom. The molecule has 0 saturated carbocycles. The molecule has 0 saturated heterocycles. The second kappa shape index (κ2) is 6.40. The molecule has 0 aliphatic heterocycles. The molecular formula is C12H17NOS. The number of hydrogen-bond donors (Lipinski definition) is 1. The van der Waals surface area contributed by atoms with Gasteiger partial charge in [0, 0.05) is 31.6 Å². The van der Waals surface area contributed by atoms with Gasteiger partial charge in [-0.05, 0) is 12.1 Å². The van der Waals surface area contributed by atoms with Crippen molar-refractivity contribution in [2.75, 3.05) is 31.4 Å². The van der Waals surface area contributed by atoms with Gasteiger partial charge < -0.3 is 9.64 Å². The predicted octanol–water partition coefficient (Wildman–Crippen LogP) is 2.62. The Labute approximate surface area is 97.0 Å². The van der Waals surface area contributed by atoms with E-state index < -0.39 is 0 Å². The predicted molar refractivity (Wildman–Crippen MR) is 69.3 cm³/mol. The van der Waals surface area contributed by atoms with Gasteiger partial charge in [0.2, 0.25) is 0 Å². The second-order valence-corrected chi connectivity index (χ2v) is 3.72. The van der Waals surface area contributed by atoms with E-state index in [4.69, 9.17) is 4.74 Å². The number of thiol groups is 1. The van der Waals surface area contributed by atoms with Crippen LogP contribution in [0.1, 0.15) is 0 Å². The fraction of sp³-hybridized carbons (Fsp3) is 0.333. The molecule has 0 spiro atoms. The van der Waals surface area contributed by atoms with Crippen molar-refractivity contribution in [3.8, 4) is 5.75 Å². The molecule has 82 valence electrons. The standard InChI is InChI=1S/C12H17NOS/c1-13(2)11-6-5-7-12(10-11)14-8-3-4-9-15/h3-7,10,15H,8-9H2,1-2H3. The van der Waals surface area contributed by atoms with Crippen LogP contribution in [-0.4, -0.2) is 26.5 Å². The second-order valence-electron chi connectivity index (χ2n) is 3.36. The van der Waals surface area contributed by atoms with Gasteiger partial charge >= 0.3 is 0 Å². The molecule has 0 N–H and O–H groups in total. The van der Waals surface area contributed by atoms with E-state index in [2.05, 4.69) is 23.6 Å². The summed E-state index contributed by atoms with van der Waals surface area (Å²) in [4.78, 5) is 2.05. The third-order valence-corrected chi connectivity index (χ3v) is 2.16. The first-order valence-electron chi connectivity index (χ1n) is 4.90. The summed E-state index contributed by atoms with van der Waals surface area (Å²) in [5.74, 6) is 1.64. The van der Waals surface area contributed by atoms with Crippen molar-refractivity contribution < 1.29 is 4.74 Å². The zero-order chi connectivity index (χ0) is 11.1. The number of anilines is 1. The lowest BCUT2D eigenvalue weighted by Crippen LogP contribution is -2.08. The minimum atomic E-state index is 0.595. The van der Waals surface area contributed by atoms with Crippen LogP contribution < -0.4 is 9.64 Å². The van der Waals surface area contributed by atoms with Crippen LogP contribution in [0.25, 0.3) is 0 Å².